The maximum atomic E-state index is 11.8. The summed E-state index contributed by atoms with van der Waals surface area (Å²) < 4.78 is 0.602. The lowest BCUT2D eigenvalue weighted by Crippen LogP contribution is -2.12. The van der Waals surface area contributed by atoms with Crippen LogP contribution in [0.25, 0.3) is 0 Å². The fraction of sp³-hybridized carbons (Fsp3) is 0.0769. The van der Waals surface area contributed by atoms with E-state index in [1.165, 1.54) is 11.3 Å². The van der Waals surface area contributed by atoms with Gasteiger partial charge in [-0.3, -0.25) is 4.79 Å². The number of rotatable bonds is 4. The Labute approximate surface area is 114 Å². The Morgan fingerprint density at radius 2 is 2.22 bits per heavy atom. The number of nitrogens with one attached hydrogen (secondary N) is 1. The summed E-state index contributed by atoms with van der Waals surface area (Å²) >= 11 is 7.03. The molecule has 2 rings (SSSR count). The van der Waals surface area contributed by atoms with Crippen molar-refractivity contribution in [1.82, 2.24) is 0 Å². The number of thiophene rings is 1. The van der Waals surface area contributed by atoms with Crippen molar-refractivity contribution in [3.05, 3.63) is 51.2 Å². The molecule has 0 amide bonds. The van der Waals surface area contributed by atoms with Crippen molar-refractivity contribution in [2.24, 2.45) is 0 Å². The number of carbonyl (C=O) groups excluding carboxylic acids is 1. The quantitative estimate of drug-likeness (QED) is 0.869. The maximum absolute atomic E-state index is 11.8. The number of nitriles is 1. The molecule has 0 radical (unpaired) electrons. The molecule has 1 N–H and O–H groups in total. The summed E-state index contributed by atoms with van der Waals surface area (Å²) in [4.78, 5) is 12.4. The van der Waals surface area contributed by atoms with E-state index < -0.39 is 0 Å². The lowest BCUT2D eigenvalue weighted by Gasteiger charge is -2.04. The van der Waals surface area contributed by atoms with E-state index in [2.05, 4.69) is 5.32 Å². The second-order valence-corrected chi connectivity index (χ2v) is 5.29. The first-order valence-electron chi connectivity index (χ1n) is 5.21. The number of ketones is 1. The van der Waals surface area contributed by atoms with Crippen LogP contribution >= 0.6 is 22.9 Å². The monoisotopic (exact) mass is 276 g/mol. The van der Waals surface area contributed by atoms with Gasteiger partial charge in [-0.1, -0.05) is 17.7 Å². The van der Waals surface area contributed by atoms with Crippen molar-refractivity contribution in [1.29, 1.82) is 5.26 Å². The Morgan fingerprint density at radius 1 is 1.39 bits per heavy atom. The van der Waals surface area contributed by atoms with Crippen LogP contribution in [0.5, 0.6) is 0 Å². The summed E-state index contributed by atoms with van der Waals surface area (Å²) in [5.74, 6) is -0.0192. The van der Waals surface area contributed by atoms with Crippen molar-refractivity contribution < 1.29 is 4.79 Å². The number of benzene rings is 1. The van der Waals surface area contributed by atoms with E-state index in [9.17, 15) is 4.79 Å². The van der Waals surface area contributed by atoms with Gasteiger partial charge in [-0.2, -0.15) is 5.26 Å². The predicted molar refractivity (Wildman–Crippen MR) is 73.3 cm³/mol. The van der Waals surface area contributed by atoms with Crippen LogP contribution in [-0.2, 0) is 0 Å². The standard InChI is InChI=1S/C13H9ClN2OS/c14-13-5-4-12(18-13)11(17)8-16-10-3-1-2-9(6-10)7-15/h1-6,16H,8H2. The maximum Gasteiger partial charge on any atom is 0.191 e. The zero-order valence-electron chi connectivity index (χ0n) is 9.31. The molecule has 0 aliphatic rings. The Kier molecular flexibility index (Phi) is 3.98. The van der Waals surface area contributed by atoms with Gasteiger partial charge in [0.25, 0.3) is 0 Å². The average Bonchev–Trinajstić information content (AvgIpc) is 2.83. The van der Waals surface area contributed by atoms with Crippen LogP contribution in [0.15, 0.2) is 36.4 Å². The average molecular weight is 277 g/mol. The van der Waals surface area contributed by atoms with Crippen LogP contribution in [-0.4, -0.2) is 12.3 Å². The normalized spacial score (nSPS) is 9.78. The molecular weight excluding hydrogens is 268 g/mol. The van der Waals surface area contributed by atoms with Crippen LogP contribution in [0.3, 0.4) is 0 Å². The summed E-state index contributed by atoms with van der Waals surface area (Å²) in [5, 5.41) is 11.8. The number of hydrogen-bond donors (Lipinski definition) is 1. The molecule has 0 aliphatic heterocycles. The van der Waals surface area contributed by atoms with Crippen LogP contribution in [0, 0.1) is 11.3 Å². The predicted octanol–water partition coefficient (Wildman–Crippen LogP) is 3.57. The first-order chi connectivity index (χ1) is 8.69. The highest BCUT2D eigenvalue weighted by Crippen LogP contribution is 2.21. The van der Waals surface area contributed by atoms with Crippen molar-refractivity contribution in [2.75, 3.05) is 11.9 Å². The topological polar surface area (TPSA) is 52.9 Å². The second kappa shape index (κ2) is 5.67. The third-order valence-corrected chi connectivity index (χ3v) is 3.56. The highest BCUT2D eigenvalue weighted by atomic mass is 35.5. The molecule has 1 aromatic heterocycles. The van der Waals surface area contributed by atoms with E-state index in [1.54, 1.807) is 30.3 Å². The molecular formula is C13H9ClN2OS. The van der Waals surface area contributed by atoms with E-state index in [4.69, 9.17) is 16.9 Å². The van der Waals surface area contributed by atoms with Gasteiger partial charge < -0.3 is 5.32 Å². The molecule has 0 fully saturated rings. The molecule has 0 atom stereocenters. The van der Waals surface area contributed by atoms with Crippen molar-refractivity contribution in [3.8, 4) is 6.07 Å². The van der Waals surface area contributed by atoms with E-state index >= 15 is 0 Å². The smallest absolute Gasteiger partial charge is 0.191 e. The molecule has 1 aromatic carbocycles. The van der Waals surface area contributed by atoms with Gasteiger partial charge in [0, 0.05) is 5.69 Å². The highest BCUT2D eigenvalue weighted by Gasteiger charge is 2.08. The summed E-state index contributed by atoms with van der Waals surface area (Å²) in [6, 6.07) is 12.5. The van der Waals surface area contributed by atoms with Gasteiger partial charge in [0.05, 0.1) is 27.4 Å². The van der Waals surface area contributed by atoms with Crippen molar-refractivity contribution in [2.45, 2.75) is 0 Å². The highest BCUT2D eigenvalue weighted by molar-refractivity contribution is 7.18. The fourth-order valence-electron chi connectivity index (χ4n) is 1.43. The number of anilines is 1. The summed E-state index contributed by atoms with van der Waals surface area (Å²) in [7, 11) is 0. The molecule has 0 saturated heterocycles. The van der Waals surface area contributed by atoms with Crippen LogP contribution in [0.2, 0.25) is 4.34 Å². The summed E-state index contributed by atoms with van der Waals surface area (Å²) in [5.41, 5.74) is 1.32. The van der Waals surface area contributed by atoms with E-state index in [-0.39, 0.29) is 12.3 Å². The molecule has 0 bridgehead atoms. The minimum absolute atomic E-state index is 0.0192. The van der Waals surface area contributed by atoms with Gasteiger partial charge in [0.2, 0.25) is 0 Å². The largest absolute Gasteiger partial charge is 0.378 e. The third-order valence-electron chi connectivity index (χ3n) is 2.29. The molecule has 90 valence electrons. The van der Waals surface area contributed by atoms with E-state index in [0.29, 0.717) is 14.8 Å². The Bertz CT molecular complexity index is 615. The summed E-state index contributed by atoms with van der Waals surface area (Å²) in [6.07, 6.45) is 0. The number of hydrogen-bond acceptors (Lipinski definition) is 4. The number of halogens is 1. The molecule has 5 heteroatoms. The molecule has 0 aliphatic carbocycles. The molecule has 18 heavy (non-hydrogen) atoms. The zero-order chi connectivity index (χ0) is 13.0. The van der Waals surface area contributed by atoms with Gasteiger partial charge in [-0.25, -0.2) is 0 Å². The van der Waals surface area contributed by atoms with Crippen LogP contribution < -0.4 is 5.32 Å². The van der Waals surface area contributed by atoms with Gasteiger partial charge in [-0.15, -0.1) is 11.3 Å². The van der Waals surface area contributed by atoms with Crippen molar-refractivity contribution in [3.63, 3.8) is 0 Å². The SMILES string of the molecule is N#Cc1cccc(NCC(=O)c2ccc(Cl)s2)c1. The molecule has 0 unspecified atom stereocenters. The molecule has 0 spiro atoms. The first-order valence-corrected chi connectivity index (χ1v) is 6.41. The van der Waals surface area contributed by atoms with E-state index in [1.807, 2.05) is 12.1 Å². The Morgan fingerprint density at radius 3 is 2.89 bits per heavy atom. The number of Topliss-reactive ketones (excluding diaryl/α,β-unsaturated/α-hetero) is 1. The van der Waals surface area contributed by atoms with E-state index in [0.717, 1.165) is 5.69 Å². The second-order valence-electron chi connectivity index (χ2n) is 3.57. The molecule has 0 saturated carbocycles. The third kappa shape index (κ3) is 3.10. The first kappa shape index (κ1) is 12.6. The van der Waals surface area contributed by atoms with Gasteiger partial charge >= 0.3 is 0 Å². The number of nitrogens with zero attached hydrogens (tertiary/aromatic N) is 1. The zero-order valence-corrected chi connectivity index (χ0v) is 10.9. The molecule has 1 heterocycles. The van der Waals surface area contributed by atoms with Gasteiger partial charge in [-0.05, 0) is 30.3 Å². The lowest BCUT2D eigenvalue weighted by molar-refractivity contribution is 0.101. The number of carbonyl (C=O) groups is 1. The van der Waals surface area contributed by atoms with Crippen molar-refractivity contribution >= 4 is 34.4 Å². The van der Waals surface area contributed by atoms with Crippen LogP contribution in [0.4, 0.5) is 5.69 Å². The fourth-order valence-corrected chi connectivity index (χ4v) is 2.41. The van der Waals surface area contributed by atoms with Gasteiger partial charge in [0.15, 0.2) is 5.78 Å². The minimum atomic E-state index is -0.0192. The Balaban J connectivity index is 1.99. The molecule has 3 nitrogen and oxygen atoms in total. The molecule has 2 aromatic rings. The van der Waals surface area contributed by atoms with Crippen LogP contribution in [0.1, 0.15) is 15.2 Å². The van der Waals surface area contributed by atoms with Gasteiger partial charge in [0.1, 0.15) is 0 Å². The summed E-state index contributed by atoms with van der Waals surface area (Å²) in [6.45, 7) is 0.186. The Hall–Kier alpha value is -1.83. The minimum Gasteiger partial charge on any atom is -0.378 e. The lowest BCUT2D eigenvalue weighted by atomic mass is 10.2.